The van der Waals surface area contributed by atoms with Crippen LogP contribution in [0.4, 0.5) is 20.4 Å². The number of alkyl halides is 2. The Morgan fingerprint density at radius 2 is 2.23 bits per heavy atom. The molecule has 12 heteroatoms. The van der Waals surface area contributed by atoms with Gasteiger partial charge in [-0.15, -0.1) is 0 Å². The first-order chi connectivity index (χ1) is 15.0. The van der Waals surface area contributed by atoms with E-state index < -0.39 is 12.0 Å². The number of nitrogens with zero attached hydrogens (tertiary/aromatic N) is 5. The summed E-state index contributed by atoms with van der Waals surface area (Å²) < 4.78 is 41.5. The second-order valence-electron chi connectivity index (χ2n) is 7.66. The SMILES string of the molecule is CCOc1nc(Nc2cnn([C@H]3CN(C4COC4)CCC3(F)F)c2Cl)nc2[nH]ccc12. The number of nitrogens with one attached hydrogen (secondary N) is 2. The van der Waals surface area contributed by atoms with Gasteiger partial charge in [-0.3, -0.25) is 4.90 Å². The van der Waals surface area contributed by atoms with E-state index in [-0.39, 0.29) is 30.1 Å². The summed E-state index contributed by atoms with van der Waals surface area (Å²) in [4.78, 5) is 13.8. The maximum atomic E-state index is 14.8. The van der Waals surface area contributed by atoms with Gasteiger partial charge in [0.2, 0.25) is 11.8 Å². The maximum Gasteiger partial charge on any atom is 0.272 e. The van der Waals surface area contributed by atoms with Crippen molar-refractivity contribution in [3.05, 3.63) is 23.6 Å². The number of aromatic amines is 1. The number of hydrogen-bond donors (Lipinski definition) is 2. The molecule has 0 unspecified atom stereocenters. The summed E-state index contributed by atoms with van der Waals surface area (Å²) in [5, 5.41) is 7.97. The molecule has 0 aromatic carbocycles. The molecule has 2 aliphatic heterocycles. The number of fused-ring (bicyclic) bond motifs is 1. The fourth-order valence-corrected chi connectivity index (χ4v) is 4.17. The Hall–Kier alpha value is -2.50. The molecular weight excluding hydrogens is 432 g/mol. The van der Waals surface area contributed by atoms with E-state index in [1.54, 1.807) is 6.20 Å². The Labute approximate surface area is 181 Å². The number of halogens is 3. The maximum absolute atomic E-state index is 14.8. The molecule has 0 amide bonds. The van der Waals surface area contributed by atoms with Crippen LogP contribution in [-0.4, -0.2) is 74.5 Å². The number of piperidine rings is 1. The number of rotatable bonds is 6. The van der Waals surface area contributed by atoms with Crippen LogP contribution in [0.3, 0.4) is 0 Å². The molecule has 0 radical (unpaired) electrons. The van der Waals surface area contributed by atoms with E-state index in [1.807, 2.05) is 17.9 Å². The van der Waals surface area contributed by atoms with E-state index in [2.05, 4.69) is 25.4 Å². The lowest BCUT2D eigenvalue weighted by Crippen LogP contribution is -2.57. The van der Waals surface area contributed by atoms with Crippen LogP contribution in [0.2, 0.25) is 5.15 Å². The van der Waals surface area contributed by atoms with Crippen LogP contribution in [-0.2, 0) is 4.74 Å². The van der Waals surface area contributed by atoms with Crippen LogP contribution in [0.5, 0.6) is 5.88 Å². The molecule has 0 aliphatic carbocycles. The molecule has 3 aromatic rings. The predicted molar refractivity (Wildman–Crippen MR) is 110 cm³/mol. The second kappa shape index (κ2) is 7.88. The minimum atomic E-state index is -2.92. The van der Waals surface area contributed by atoms with Crippen LogP contribution in [0, 0.1) is 0 Å². The van der Waals surface area contributed by atoms with Crippen molar-refractivity contribution in [2.24, 2.45) is 0 Å². The number of ether oxygens (including phenoxy) is 2. The normalized spacial score (nSPS) is 21.9. The van der Waals surface area contributed by atoms with Crippen LogP contribution in [0.25, 0.3) is 11.0 Å². The van der Waals surface area contributed by atoms with Gasteiger partial charge in [0.05, 0.1) is 43.1 Å². The standard InChI is InChI=1S/C19H22ClF2N7O2/c1-2-31-17-12-3-5-23-16(12)26-18(27-17)25-13-7-24-29(15(13)20)14-8-28(11-9-30-10-11)6-4-19(14,21)22/h3,5,7,11,14H,2,4,6,8-10H2,1H3,(H2,23,25,26,27)/t14-/m0/s1. The van der Waals surface area contributed by atoms with Crippen molar-refractivity contribution >= 4 is 34.3 Å². The number of likely N-dealkylation sites (tertiary alicyclic amines) is 1. The van der Waals surface area contributed by atoms with Gasteiger partial charge in [0.15, 0.2) is 5.15 Å². The first kappa shape index (κ1) is 20.4. The van der Waals surface area contributed by atoms with Crippen LogP contribution in [0.1, 0.15) is 19.4 Å². The molecule has 5 heterocycles. The number of H-pyrrole nitrogens is 1. The zero-order valence-corrected chi connectivity index (χ0v) is 17.6. The first-order valence-corrected chi connectivity index (χ1v) is 10.5. The van der Waals surface area contributed by atoms with Crippen molar-refractivity contribution < 1.29 is 18.3 Å². The van der Waals surface area contributed by atoms with Gasteiger partial charge < -0.3 is 19.8 Å². The average molecular weight is 454 g/mol. The average Bonchev–Trinajstić information content (AvgIpc) is 3.30. The van der Waals surface area contributed by atoms with Crippen molar-refractivity contribution in [3.8, 4) is 5.88 Å². The van der Waals surface area contributed by atoms with Gasteiger partial charge in [-0.2, -0.15) is 15.1 Å². The third-order valence-corrected chi connectivity index (χ3v) is 6.08. The van der Waals surface area contributed by atoms with E-state index >= 15 is 0 Å². The summed E-state index contributed by atoms with van der Waals surface area (Å²) in [5.74, 6) is -2.28. The highest BCUT2D eigenvalue weighted by molar-refractivity contribution is 6.32. The molecule has 0 bridgehead atoms. The zero-order chi connectivity index (χ0) is 21.6. The quantitative estimate of drug-likeness (QED) is 0.591. The lowest BCUT2D eigenvalue weighted by Gasteiger charge is -2.44. The summed E-state index contributed by atoms with van der Waals surface area (Å²) in [6.07, 6.45) is 2.89. The number of hydrogen-bond acceptors (Lipinski definition) is 7. The number of aromatic nitrogens is 5. The van der Waals surface area contributed by atoms with Gasteiger partial charge in [-0.05, 0) is 13.0 Å². The van der Waals surface area contributed by atoms with Crippen molar-refractivity contribution in [1.29, 1.82) is 0 Å². The van der Waals surface area contributed by atoms with E-state index in [9.17, 15) is 8.78 Å². The Morgan fingerprint density at radius 3 is 2.97 bits per heavy atom. The first-order valence-electron chi connectivity index (χ1n) is 10.1. The molecule has 0 saturated carbocycles. The molecule has 31 heavy (non-hydrogen) atoms. The minimum Gasteiger partial charge on any atom is -0.477 e. The van der Waals surface area contributed by atoms with Gasteiger partial charge in [-0.25, -0.2) is 13.5 Å². The highest BCUT2D eigenvalue weighted by Crippen LogP contribution is 2.40. The lowest BCUT2D eigenvalue weighted by molar-refractivity contribution is -0.140. The molecule has 2 saturated heterocycles. The van der Waals surface area contributed by atoms with Crippen molar-refractivity contribution in [2.75, 3.05) is 38.2 Å². The minimum absolute atomic E-state index is 0.0736. The molecule has 2 aliphatic rings. The summed E-state index contributed by atoms with van der Waals surface area (Å²) in [6.45, 7) is 3.91. The predicted octanol–water partition coefficient (Wildman–Crippen LogP) is 3.23. The Kier molecular flexibility index (Phi) is 5.19. The molecule has 2 N–H and O–H groups in total. The van der Waals surface area contributed by atoms with Gasteiger partial charge >= 0.3 is 0 Å². The molecule has 166 valence electrons. The van der Waals surface area contributed by atoms with E-state index in [1.165, 1.54) is 10.9 Å². The van der Waals surface area contributed by atoms with E-state index in [4.69, 9.17) is 21.1 Å². The van der Waals surface area contributed by atoms with Gasteiger partial charge in [0.1, 0.15) is 11.7 Å². The number of anilines is 2. The summed E-state index contributed by atoms with van der Waals surface area (Å²) >= 11 is 6.47. The van der Waals surface area contributed by atoms with E-state index in [0.717, 1.165) is 5.39 Å². The van der Waals surface area contributed by atoms with Gasteiger partial charge in [-0.1, -0.05) is 11.6 Å². The molecule has 2 fully saturated rings. The molecule has 3 aromatic heterocycles. The lowest BCUT2D eigenvalue weighted by atomic mass is 9.99. The van der Waals surface area contributed by atoms with Gasteiger partial charge in [0, 0.05) is 25.7 Å². The molecule has 5 rings (SSSR count). The summed E-state index contributed by atoms with van der Waals surface area (Å²) in [5.41, 5.74) is 0.927. The summed E-state index contributed by atoms with van der Waals surface area (Å²) in [6, 6.07) is 0.818. The zero-order valence-electron chi connectivity index (χ0n) is 16.8. The third-order valence-electron chi connectivity index (χ3n) is 5.70. The van der Waals surface area contributed by atoms with Gasteiger partial charge in [0.25, 0.3) is 5.92 Å². The molecule has 9 nitrogen and oxygen atoms in total. The molecular formula is C19H22ClF2N7O2. The Balaban J connectivity index is 1.41. The van der Waals surface area contributed by atoms with Crippen LogP contribution >= 0.6 is 11.6 Å². The van der Waals surface area contributed by atoms with Crippen LogP contribution < -0.4 is 10.1 Å². The fraction of sp³-hybridized carbons (Fsp3) is 0.526. The Bertz CT molecular complexity index is 1080. The fourth-order valence-electron chi connectivity index (χ4n) is 3.91. The summed E-state index contributed by atoms with van der Waals surface area (Å²) in [7, 11) is 0. The third kappa shape index (κ3) is 3.70. The second-order valence-corrected chi connectivity index (χ2v) is 8.02. The highest BCUT2D eigenvalue weighted by Gasteiger charge is 2.48. The van der Waals surface area contributed by atoms with Crippen LogP contribution in [0.15, 0.2) is 18.5 Å². The smallest absolute Gasteiger partial charge is 0.272 e. The van der Waals surface area contributed by atoms with Crippen molar-refractivity contribution in [3.63, 3.8) is 0 Å². The largest absolute Gasteiger partial charge is 0.477 e. The monoisotopic (exact) mass is 453 g/mol. The topological polar surface area (TPSA) is 93.1 Å². The van der Waals surface area contributed by atoms with E-state index in [0.29, 0.717) is 43.6 Å². The molecule has 0 spiro atoms. The highest BCUT2D eigenvalue weighted by atomic mass is 35.5. The Morgan fingerprint density at radius 1 is 1.39 bits per heavy atom. The van der Waals surface area contributed by atoms with Crippen molar-refractivity contribution in [2.45, 2.75) is 31.4 Å². The van der Waals surface area contributed by atoms with Crippen molar-refractivity contribution in [1.82, 2.24) is 29.6 Å². The molecule has 1 atom stereocenters.